The normalized spacial score (nSPS) is 37.2. The Kier molecular flexibility index (Phi) is 2.47. The molecule has 2 aliphatic heterocycles. The van der Waals surface area contributed by atoms with Gasteiger partial charge in [-0.15, -0.1) is 0 Å². The minimum absolute atomic E-state index is 0.732. The number of nitrogens with one attached hydrogen (secondary N) is 1. The Balaban J connectivity index is 2.12. The van der Waals surface area contributed by atoms with Crippen molar-refractivity contribution in [3.8, 4) is 0 Å². The maximum atomic E-state index is 5.38. The van der Waals surface area contributed by atoms with Crippen LogP contribution in [0, 0.1) is 5.92 Å². The van der Waals surface area contributed by atoms with Crippen LogP contribution in [0.15, 0.2) is 11.1 Å². The molecule has 0 aromatic heterocycles. The van der Waals surface area contributed by atoms with Crippen LogP contribution in [-0.4, -0.2) is 26.3 Å². The first-order valence-electron chi connectivity index (χ1n) is 4.87. The van der Waals surface area contributed by atoms with Gasteiger partial charge < -0.3 is 10.1 Å². The first-order valence-corrected chi connectivity index (χ1v) is 4.87. The topological polar surface area (TPSA) is 21.3 Å². The lowest BCUT2D eigenvalue weighted by Crippen LogP contribution is -2.30. The van der Waals surface area contributed by atoms with Crippen molar-refractivity contribution >= 4 is 0 Å². The molecule has 2 saturated heterocycles. The van der Waals surface area contributed by atoms with Gasteiger partial charge in [-0.3, -0.25) is 0 Å². The molecule has 0 radical (unpaired) electrons. The van der Waals surface area contributed by atoms with Crippen molar-refractivity contribution < 1.29 is 4.74 Å². The zero-order valence-corrected chi connectivity index (χ0v) is 7.73. The van der Waals surface area contributed by atoms with Gasteiger partial charge in [0.15, 0.2) is 0 Å². The molecular formula is C10H17NO. The van der Waals surface area contributed by atoms with E-state index in [2.05, 4.69) is 12.2 Å². The molecule has 2 heterocycles. The first-order chi connectivity index (χ1) is 5.88. The summed E-state index contributed by atoms with van der Waals surface area (Å²) in [5.74, 6) is 0.732. The van der Waals surface area contributed by atoms with Gasteiger partial charge in [0.1, 0.15) is 0 Å². The Morgan fingerprint density at radius 1 is 1.42 bits per heavy atom. The molecule has 1 unspecified atom stereocenters. The van der Waals surface area contributed by atoms with Gasteiger partial charge in [-0.1, -0.05) is 12.5 Å². The van der Waals surface area contributed by atoms with Crippen molar-refractivity contribution in [2.24, 2.45) is 5.92 Å². The number of hydrogen-bond donors (Lipinski definition) is 1. The van der Waals surface area contributed by atoms with Gasteiger partial charge in [0.2, 0.25) is 0 Å². The van der Waals surface area contributed by atoms with Gasteiger partial charge in [0.05, 0.1) is 13.2 Å². The largest absolute Gasteiger partial charge is 0.377 e. The van der Waals surface area contributed by atoms with Crippen molar-refractivity contribution in [1.82, 2.24) is 5.32 Å². The molecule has 1 N–H and O–H groups in total. The molecule has 2 fully saturated rings. The SMILES string of the molecule is CC1CNCC/C1=C1/CCOC1. The molecule has 2 aliphatic rings. The van der Waals surface area contributed by atoms with E-state index in [9.17, 15) is 0 Å². The molecule has 2 heteroatoms. The highest BCUT2D eigenvalue weighted by atomic mass is 16.5. The van der Waals surface area contributed by atoms with Crippen molar-refractivity contribution in [1.29, 1.82) is 0 Å². The Morgan fingerprint density at radius 3 is 3.00 bits per heavy atom. The van der Waals surface area contributed by atoms with Gasteiger partial charge in [-0.05, 0) is 30.9 Å². The average Bonchev–Trinajstić information content (AvgIpc) is 2.57. The minimum atomic E-state index is 0.732. The molecule has 0 aromatic carbocycles. The molecule has 0 spiro atoms. The zero-order chi connectivity index (χ0) is 8.39. The van der Waals surface area contributed by atoms with E-state index in [4.69, 9.17) is 4.74 Å². The van der Waals surface area contributed by atoms with E-state index < -0.39 is 0 Å². The fourth-order valence-corrected chi connectivity index (χ4v) is 2.15. The highest BCUT2D eigenvalue weighted by Gasteiger charge is 2.20. The molecule has 68 valence electrons. The van der Waals surface area contributed by atoms with E-state index in [0.29, 0.717) is 0 Å². The first kappa shape index (κ1) is 8.27. The molecule has 0 aliphatic carbocycles. The predicted molar refractivity (Wildman–Crippen MR) is 49.1 cm³/mol. The summed E-state index contributed by atoms with van der Waals surface area (Å²) >= 11 is 0. The lowest BCUT2D eigenvalue weighted by atomic mass is 9.90. The van der Waals surface area contributed by atoms with Crippen LogP contribution in [0.1, 0.15) is 19.8 Å². The number of hydrogen-bond acceptors (Lipinski definition) is 2. The smallest absolute Gasteiger partial charge is 0.0680 e. The fraction of sp³-hybridized carbons (Fsp3) is 0.800. The zero-order valence-electron chi connectivity index (χ0n) is 7.73. The van der Waals surface area contributed by atoms with Gasteiger partial charge in [0.25, 0.3) is 0 Å². The van der Waals surface area contributed by atoms with E-state index in [1.165, 1.54) is 12.8 Å². The van der Waals surface area contributed by atoms with Gasteiger partial charge in [-0.2, -0.15) is 0 Å². The van der Waals surface area contributed by atoms with Crippen molar-refractivity contribution in [2.75, 3.05) is 26.3 Å². The van der Waals surface area contributed by atoms with Gasteiger partial charge in [-0.25, -0.2) is 0 Å². The fourth-order valence-electron chi connectivity index (χ4n) is 2.15. The van der Waals surface area contributed by atoms with Crippen LogP contribution in [0.5, 0.6) is 0 Å². The van der Waals surface area contributed by atoms with Crippen molar-refractivity contribution in [3.63, 3.8) is 0 Å². The summed E-state index contributed by atoms with van der Waals surface area (Å²) in [7, 11) is 0. The second-order valence-electron chi connectivity index (χ2n) is 3.79. The Hall–Kier alpha value is -0.340. The molecule has 0 bridgehead atoms. The van der Waals surface area contributed by atoms with Crippen LogP contribution in [0.2, 0.25) is 0 Å². The maximum absolute atomic E-state index is 5.38. The highest BCUT2D eigenvalue weighted by molar-refractivity contribution is 5.21. The van der Waals surface area contributed by atoms with E-state index in [-0.39, 0.29) is 0 Å². The van der Waals surface area contributed by atoms with Crippen LogP contribution in [0.4, 0.5) is 0 Å². The molecule has 2 rings (SSSR count). The number of ether oxygens (including phenoxy) is 1. The summed E-state index contributed by atoms with van der Waals surface area (Å²) in [6.45, 7) is 6.47. The molecule has 0 saturated carbocycles. The molecular weight excluding hydrogens is 150 g/mol. The molecule has 0 amide bonds. The second-order valence-corrected chi connectivity index (χ2v) is 3.79. The molecule has 12 heavy (non-hydrogen) atoms. The predicted octanol–water partition coefficient (Wildman–Crippen LogP) is 1.33. The molecule has 2 nitrogen and oxygen atoms in total. The molecule has 1 atom stereocenters. The summed E-state index contributed by atoms with van der Waals surface area (Å²) in [4.78, 5) is 0. The van der Waals surface area contributed by atoms with Crippen molar-refractivity contribution in [3.05, 3.63) is 11.1 Å². The third kappa shape index (κ3) is 1.54. The second kappa shape index (κ2) is 3.58. The van der Waals surface area contributed by atoms with Crippen LogP contribution in [0.25, 0.3) is 0 Å². The summed E-state index contributed by atoms with van der Waals surface area (Å²) in [6.07, 6.45) is 2.42. The van der Waals surface area contributed by atoms with E-state index in [1.54, 1.807) is 11.1 Å². The maximum Gasteiger partial charge on any atom is 0.0680 e. The standard InChI is InChI=1S/C10H17NO/c1-8-6-11-4-2-10(8)9-3-5-12-7-9/h8,11H,2-7H2,1H3/b10-9+. The average molecular weight is 167 g/mol. The monoisotopic (exact) mass is 167 g/mol. The van der Waals surface area contributed by atoms with Crippen LogP contribution < -0.4 is 5.32 Å². The van der Waals surface area contributed by atoms with Crippen LogP contribution in [-0.2, 0) is 4.74 Å². The highest BCUT2D eigenvalue weighted by Crippen LogP contribution is 2.26. The number of piperidine rings is 1. The Labute approximate surface area is 74.0 Å². The lowest BCUT2D eigenvalue weighted by Gasteiger charge is -2.24. The van der Waals surface area contributed by atoms with E-state index in [0.717, 1.165) is 32.2 Å². The Bertz CT molecular complexity index is 190. The third-order valence-corrected chi connectivity index (χ3v) is 2.90. The van der Waals surface area contributed by atoms with Crippen molar-refractivity contribution in [2.45, 2.75) is 19.8 Å². The summed E-state index contributed by atoms with van der Waals surface area (Å²) in [6, 6.07) is 0. The Morgan fingerprint density at radius 2 is 2.33 bits per heavy atom. The van der Waals surface area contributed by atoms with Crippen LogP contribution >= 0.6 is 0 Å². The quantitative estimate of drug-likeness (QED) is 0.550. The lowest BCUT2D eigenvalue weighted by molar-refractivity contribution is 0.204. The summed E-state index contributed by atoms with van der Waals surface area (Å²) in [5, 5.41) is 3.41. The van der Waals surface area contributed by atoms with Crippen LogP contribution in [0.3, 0.4) is 0 Å². The number of rotatable bonds is 0. The summed E-state index contributed by atoms with van der Waals surface area (Å²) < 4.78 is 5.38. The van der Waals surface area contributed by atoms with E-state index >= 15 is 0 Å². The summed E-state index contributed by atoms with van der Waals surface area (Å²) in [5.41, 5.74) is 3.26. The van der Waals surface area contributed by atoms with Gasteiger partial charge >= 0.3 is 0 Å². The van der Waals surface area contributed by atoms with E-state index in [1.807, 2.05) is 0 Å². The minimum Gasteiger partial charge on any atom is -0.377 e. The van der Waals surface area contributed by atoms with Gasteiger partial charge in [0, 0.05) is 6.54 Å². The third-order valence-electron chi connectivity index (χ3n) is 2.90. The molecule has 0 aromatic rings.